The van der Waals surface area contributed by atoms with Crippen molar-refractivity contribution in [3.05, 3.63) is 59.0 Å². The summed E-state index contributed by atoms with van der Waals surface area (Å²) in [6.07, 6.45) is 3.41. The van der Waals surface area contributed by atoms with Gasteiger partial charge in [0, 0.05) is 13.2 Å². The van der Waals surface area contributed by atoms with Crippen molar-refractivity contribution < 1.29 is 9.21 Å². The van der Waals surface area contributed by atoms with Gasteiger partial charge in [-0.15, -0.1) is 0 Å². The first-order valence-corrected chi connectivity index (χ1v) is 6.86. The first kappa shape index (κ1) is 12.9. The minimum atomic E-state index is -0.168. The van der Waals surface area contributed by atoms with Crippen molar-refractivity contribution in [2.24, 2.45) is 0 Å². The number of nitrogens with zero attached hydrogens (tertiary/aromatic N) is 3. The zero-order valence-corrected chi connectivity index (χ0v) is 12.4. The van der Waals surface area contributed by atoms with Gasteiger partial charge in [-0.2, -0.15) is 0 Å². The van der Waals surface area contributed by atoms with Crippen LogP contribution in [-0.2, 0) is 6.54 Å². The molecule has 0 unspecified atom stereocenters. The summed E-state index contributed by atoms with van der Waals surface area (Å²) in [5.74, 6) is 0.945. The van der Waals surface area contributed by atoms with E-state index >= 15 is 0 Å². The van der Waals surface area contributed by atoms with Gasteiger partial charge < -0.3 is 13.7 Å². The van der Waals surface area contributed by atoms with Gasteiger partial charge in [-0.25, -0.2) is 4.98 Å². The molecule has 5 nitrogen and oxygen atoms in total. The van der Waals surface area contributed by atoms with E-state index in [1.54, 1.807) is 24.1 Å². The maximum Gasteiger partial charge on any atom is 0.289 e. The van der Waals surface area contributed by atoms with Gasteiger partial charge in [0.1, 0.15) is 10.4 Å². The number of carbonyl (C=O) groups is 1. The molecule has 0 atom stereocenters. The number of carbonyl (C=O) groups excluding carboxylic acids is 1. The van der Waals surface area contributed by atoms with Gasteiger partial charge in [0.15, 0.2) is 5.76 Å². The van der Waals surface area contributed by atoms with E-state index in [9.17, 15) is 4.79 Å². The molecule has 3 aromatic rings. The predicted molar refractivity (Wildman–Crippen MR) is 77.4 cm³/mol. The number of rotatable bonds is 3. The van der Waals surface area contributed by atoms with Crippen molar-refractivity contribution in [2.45, 2.75) is 6.54 Å². The number of hydrogen-bond donors (Lipinski definition) is 0. The topological polar surface area (TPSA) is 50.8 Å². The second-order valence-corrected chi connectivity index (χ2v) is 5.16. The van der Waals surface area contributed by atoms with Gasteiger partial charge in [0.2, 0.25) is 0 Å². The molecular weight excluding hydrogens is 322 g/mol. The summed E-state index contributed by atoms with van der Waals surface area (Å²) in [6.45, 7) is 0.399. The van der Waals surface area contributed by atoms with Crippen LogP contribution in [0.2, 0.25) is 0 Å². The van der Waals surface area contributed by atoms with Crippen LogP contribution in [-0.4, -0.2) is 27.2 Å². The highest BCUT2D eigenvalue weighted by atomic mass is 79.9. The van der Waals surface area contributed by atoms with Gasteiger partial charge in [-0.1, -0.05) is 6.07 Å². The van der Waals surface area contributed by atoms with Crippen LogP contribution in [0.15, 0.2) is 51.8 Å². The molecule has 20 heavy (non-hydrogen) atoms. The fourth-order valence-corrected chi connectivity index (χ4v) is 2.57. The lowest BCUT2D eigenvalue weighted by Gasteiger charge is -2.14. The summed E-state index contributed by atoms with van der Waals surface area (Å²) >= 11 is 3.43. The highest BCUT2D eigenvalue weighted by Gasteiger charge is 2.17. The minimum Gasteiger partial charge on any atom is -0.459 e. The molecular formula is C14H12BrN3O2. The number of furan rings is 1. The molecule has 3 rings (SSSR count). The molecule has 0 aliphatic carbocycles. The second-order valence-electron chi connectivity index (χ2n) is 4.41. The maximum atomic E-state index is 12.1. The third-order valence-electron chi connectivity index (χ3n) is 3.03. The summed E-state index contributed by atoms with van der Waals surface area (Å²) in [7, 11) is 1.72. The molecule has 0 N–H and O–H groups in total. The largest absolute Gasteiger partial charge is 0.459 e. The molecule has 0 bridgehead atoms. The Kier molecular flexibility index (Phi) is 3.31. The molecule has 0 radical (unpaired) electrons. The molecule has 0 aliphatic heterocycles. The van der Waals surface area contributed by atoms with Crippen LogP contribution in [0.25, 0.3) is 5.52 Å². The summed E-state index contributed by atoms with van der Waals surface area (Å²) in [5.41, 5.74) is 0.973. The maximum absolute atomic E-state index is 12.1. The fourth-order valence-electron chi connectivity index (χ4n) is 2.04. The highest BCUT2D eigenvalue weighted by Crippen LogP contribution is 2.19. The Hall–Kier alpha value is -2.08. The predicted octanol–water partition coefficient (Wildman–Crippen LogP) is 2.96. The Morgan fingerprint density at radius 2 is 2.25 bits per heavy atom. The van der Waals surface area contributed by atoms with Crippen molar-refractivity contribution in [2.75, 3.05) is 7.05 Å². The highest BCUT2D eigenvalue weighted by molar-refractivity contribution is 9.10. The van der Waals surface area contributed by atoms with E-state index in [4.69, 9.17) is 4.42 Å². The lowest BCUT2D eigenvalue weighted by atomic mass is 10.4. The molecule has 0 spiro atoms. The number of fused-ring (bicyclic) bond motifs is 1. The first-order valence-electron chi connectivity index (χ1n) is 6.07. The summed E-state index contributed by atoms with van der Waals surface area (Å²) in [6, 6.07) is 9.19. The zero-order valence-electron chi connectivity index (χ0n) is 10.8. The zero-order chi connectivity index (χ0) is 14.1. The van der Waals surface area contributed by atoms with Gasteiger partial charge in [-0.05, 0) is 40.2 Å². The SMILES string of the molecule is CN(Cc1nc(Br)c2ccccn12)C(=O)c1ccco1. The number of halogens is 1. The van der Waals surface area contributed by atoms with E-state index in [0.29, 0.717) is 12.3 Å². The van der Waals surface area contributed by atoms with E-state index in [1.807, 2.05) is 28.8 Å². The van der Waals surface area contributed by atoms with E-state index in [0.717, 1.165) is 15.9 Å². The van der Waals surface area contributed by atoms with E-state index in [1.165, 1.54) is 6.26 Å². The van der Waals surface area contributed by atoms with Crippen LogP contribution in [0.4, 0.5) is 0 Å². The average molecular weight is 334 g/mol. The van der Waals surface area contributed by atoms with Gasteiger partial charge >= 0.3 is 0 Å². The summed E-state index contributed by atoms with van der Waals surface area (Å²) in [4.78, 5) is 18.2. The van der Waals surface area contributed by atoms with Gasteiger partial charge in [-0.3, -0.25) is 4.79 Å². The lowest BCUT2D eigenvalue weighted by molar-refractivity contribution is 0.0749. The Bertz CT molecular complexity index is 749. The van der Waals surface area contributed by atoms with Crippen molar-refractivity contribution >= 4 is 27.4 Å². The summed E-state index contributed by atoms with van der Waals surface area (Å²) in [5, 5.41) is 0. The summed E-state index contributed by atoms with van der Waals surface area (Å²) < 4.78 is 7.84. The van der Waals surface area contributed by atoms with Crippen LogP contribution in [0.1, 0.15) is 16.4 Å². The fraction of sp³-hybridized carbons (Fsp3) is 0.143. The van der Waals surface area contributed by atoms with Crippen molar-refractivity contribution in [1.29, 1.82) is 0 Å². The Morgan fingerprint density at radius 1 is 1.40 bits per heavy atom. The lowest BCUT2D eigenvalue weighted by Crippen LogP contribution is -2.26. The number of aromatic nitrogens is 2. The van der Waals surface area contributed by atoms with E-state index in [2.05, 4.69) is 20.9 Å². The molecule has 3 heterocycles. The third-order valence-corrected chi connectivity index (χ3v) is 3.62. The first-order chi connectivity index (χ1) is 9.66. The van der Waals surface area contributed by atoms with Gasteiger partial charge in [0.25, 0.3) is 5.91 Å². The molecule has 0 aliphatic rings. The molecule has 1 amide bonds. The molecule has 0 saturated carbocycles. The molecule has 0 fully saturated rings. The smallest absolute Gasteiger partial charge is 0.289 e. The Labute approximate surface area is 124 Å². The molecule has 0 saturated heterocycles. The normalized spacial score (nSPS) is 10.9. The standard InChI is InChI=1S/C14H12BrN3O2/c1-17(14(19)11-6-4-8-20-11)9-12-16-13(15)10-5-2-3-7-18(10)12/h2-8H,9H2,1H3. The quantitative estimate of drug-likeness (QED) is 0.740. The van der Waals surface area contributed by atoms with Crippen LogP contribution >= 0.6 is 15.9 Å². The van der Waals surface area contributed by atoms with Crippen LogP contribution < -0.4 is 0 Å². The van der Waals surface area contributed by atoms with E-state index < -0.39 is 0 Å². The third kappa shape index (κ3) is 2.22. The van der Waals surface area contributed by atoms with Crippen molar-refractivity contribution in [3.8, 4) is 0 Å². The van der Waals surface area contributed by atoms with E-state index in [-0.39, 0.29) is 5.91 Å². The van der Waals surface area contributed by atoms with Gasteiger partial charge in [0.05, 0.1) is 18.3 Å². The van der Waals surface area contributed by atoms with Crippen molar-refractivity contribution in [1.82, 2.24) is 14.3 Å². The van der Waals surface area contributed by atoms with Crippen LogP contribution in [0.5, 0.6) is 0 Å². The minimum absolute atomic E-state index is 0.168. The van der Waals surface area contributed by atoms with Crippen LogP contribution in [0, 0.1) is 0 Å². The monoisotopic (exact) mass is 333 g/mol. The number of imidazole rings is 1. The van der Waals surface area contributed by atoms with Crippen LogP contribution in [0.3, 0.4) is 0 Å². The Balaban J connectivity index is 1.88. The molecule has 3 aromatic heterocycles. The Morgan fingerprint density at radius 3 is 3.00 bits per heavy atom. The number of pyridine rings is 1. The molecule has 102 valence electrons. The molecule has 6 heteroatoms. The molecule has 0 aromatic carbocycles. The number of hydrogen-bond acceptors (Lipinski definition) is 3. The number of amides is 1. The van der Waals surface area contributed by atoms with Crippen molar-refractivity contribution in [3.63, 3.8) is 0 Å². The second kappa shape index (κ2) is 5.13. The average Bonchev–Trinajstić information content (AvgIpc) is 3.08.